The highest BCUT2D eigenvalue weighted by Crippen LogP contribution is 2.58. The van der Waals surface area contributed by atoms with Crippen LogP contribution in [0.2, 0.25) is 0 Å². The number of para-hydroxylation sites is 1. The lowest BCUT2D eigenvalue weighted by molar-refractivity contribution is 0.667. The maximum atomic E-state index is 5.23. The van der Waals surface area contributed by atoms with Crippen LogP contribution in [-0.4, -0.2) is 9.55 Å². The summed E-state index contributed by atoms with van der Waals surface area (Å²) in [5.74, 6) is 0. The Labute approximate surface area is 312 Å². The lowest BCUT2D eigenvalue weighted by atomic mass is 9.80. The van der Waals surface area contributed by atoms with Crippen LogP contribution >= 0.6 is 11.3 Å². The largest absolute Gasteiger partial charge is 0.309 e. The van der Waals surface area contributed by atoms with Gasteiger partial charge in [-0.15, -0.1) is 11.3 Å². The van der Waals surface area contributed by atoms with Gasteiger partial charge in [-0.25, -0.2) is 4.98 Å². The van der Waals surface area contributed by atoms with E-state index in [4.69, 9.17) is 4.98 Å². The number of benzene rings is 7. The summed E-state index contributed by atoms with van der Waals surface area (Å²) in [6, 6.07) is 61.6. The Morgan fingerprint density at radius 2 is 1.13 bits per heavy atom. The second-order valence-corrected chi connectivity index (χ2v) is 15.8. The molecule has 250 valence electrons. The standard InChI is InChI=1S/C50H34N2S/c1-50(2)39-22-12-9-19-36(39)44-47(50)45-38-21-11-14-24-43(38)53-49(45)46-37-20-10-13-23-42(37)52(48(44)46)35-27-25-33(26-28-35)41-30-34(31-15-5-3-6-16-31)29-40(51-41)32-17-7-4-8-18-32/h3-30H,1-2H3. The second kappa shape index (κ2) is 11.4. The Bertz CT molecular complexity index is 3000. The van der Waals surface area contributed by atoms with Gasteiger partial charge in [-0.1, -0.05) is 147 Å². The molecule has 2 nitrogen and oxygen atoms in total. The molecule has 53 heavy (non-hydrogen) atoms. The number of aromatic nitrogens is 2. The van der Waals surface area contributed by atoms with Crippen molar-refractivity contribution in [3.8, 4) is 50.5 Å². The van der Waals surface area contributed by atoms with Crippen LogP contribution in [0.25, 0.3) is 92.4 Å². The number of nitrogens with zero attached hydrogens (tertiary/aromatic N) is 2. The monoisotopic (exact) mass is 694 g/mol. The predicted molar refractivity (Wildman–Crippen MR) is 225 cm³/mol. The van der Waals surface area contributed by atoms with Gasteiger partial charge in [0.15, 0.2) is 0 Å². The minimum absolute atomic E-state index is 0.154. The van der Waals surface area contributed by atoms with Gasteiger partial charge in [0.1, 0.15) is 0 Å². The smallest absolute Gasteiger partial charge is 0.0715 e. The highest BCUT2D eigenvalue weighted by Gasteiger charge is 2.40. The highest BCUT2D eigenvalue weighted by atomic mass is 32.1. The molecule has 0 unspecified atom stereocenters. The molecule has 3 heterocycles. The van der Waals surface area contributed by atoms with E-state index in [9.17, 15) is 0 Å². The van der Waals surface area contributed by atoms with E-state index >= 15 is 0 Å². The minimum Gasteiger partial charge on any atom is -0.309 e. The topological polar surface area (TPSA) is 17.8 Å². The van der Waals surface area contributed by atoms with Crippen molar-refractivity contribution >= 4 is 53.3 Å². The number of thiophene rings is 1. The van der Waals surface area contributed by atoms with Crippen LogP contribution in [-0.2, 0) is 5.41 Å². The number of pyridine rings is 1. The zero-order valence-electron chi connectivity index (χ0n) is 29.5. The molecule has 0 spiro atoms. The van der Waals surface area contributed by atoms with E-state index in [0.29, 0.717) is 0 Å². The molecule has 0 N–H and O–H groups in total. The van der Waals surface area contributed by atoms with Crippen LogP contribution in [0.1, 0.15) is 25.0 Å². The van der Waals surface area contributed by atoms with Gasteiger partial charge in [0.25, 0.3) is 0 Å². The van der Waals surface area contributed by atoms with Crippen molar-refractivity contribution in [1.29, 1.82) is 0 Å². The summed E-state index contributed by atoms with van der Waals surface area (Å²) < 4.78 is 5.24. The molecule has 0 saturated carbocycles. The molecule has 0 saturated heterocycles. The normalized spacial score (nSPS) is 13.2. The van der Waals surface area contributed by atoms with Gasteiger partial charge in [0.05, 0.1) is 22.4 Å². The molecular weight excluding hydrogens is 661 g/mol. The van der Waals surface area contributed by atoms with Crippen LogP contribution in [0.4, 0.5) is 0 Å². The van der Waals surface area contributed by atoms with E-state index in [-0.39, 0.29) is 5.41 Å². The first kappa shape index (κ1) is 30.3. The first-order valence-corrected chi connectivity index (χ1v) is 19.1. The van der Waals surface area contributed by atoms with Crippen molar-refractivity contribution in [1.82, 2.24) is 9.55 Å². The van der Waals surface area contributed by atoms with Gasteiger partial charge in [-0.3, -0.25) is 0 Å². The van der Waals surface area contributed by atoms with Crippen LogP contribution in [0.3, 0.4) is 0 Å². The third-order valence-corrected chi connectivity index (χ3v) is 12.5. The molecule has 3 heteroatoms. The molecule has 3 aromatic heterocycles. The van der Waals surface area contributed by atoms with Gasteiger partial charge in [-0.2, -0.15) is 0 Å². The second-order valence-electron chi connectivity index (χ2n) is 14.7. The minimum atomic E-state index is -0.154. The molecule has 7 aromatic carbocycles. The first-order valence-electron chi connectivity index (χ1n) is 18.3. The lowest BCUT2D eigenvalue weighted by Gasteiger charge is -2.23. The fraction of sp³-hybridized carbons (Fsp3) is 0.0600. The summed E-state index contributed by atoms with van der Waals surface area (Å²) in [6.07, 6.45) is 0. The zero-order valence-corrected chi connectivity index (χ0v) is 30.3. The third kappa shape index (κ3) is 4.41. The van der Waals surface area contributed by atoms with Crippen molar-refractivity contribution in [3.63, 3.8) is 0 Å². The molecule has 0 bridgehead atoms. The maximum Gasteiger partial charge on any atom is 0.0715 e. The zero-order chi connectivity index (χ0) is 35.3. The van der Waals surface area contributed by atoms with Gasteiger partial charge in [-0.05, 0) is 64.2 Å². The van der Waals surface area contributed by atoms with Crippen molar-refractivity contribution in [2.24, 2.45) is 0 Å². The Hall–Kier alpha value is -6.29. The van der Waals surface area contributed by atoms with E-state index in [1.54, 1.807) is 0 Å². The van der Waals surface area contributed by atoms with E-state index in [1.807, 2.05) is 11.3 Å². The van der Waals surface area contributed by atoms with Gasteiger partial charge in [0.2, 0.25) is 0 Å². The Morgan fingerprint density at radius 3 is 1.89 bits per heavy atom. The van der Waals surface area contributed by atoms with Crippen molar-refractivity contribution in [3.05, 3.63) is 181 Å². The van der Waals surface area contributed by atoms with E-state index in [2.05, 4.69) is 188 Å². The van der Waals surface area contributed by atoms with Crippen LogP contribution in [0.5, 0.6) is 0 Å². The molecule has 0 atom stereocenters. The average molecular weight is 695 g/mol. The van der Waals surface area contributed by atoms with Crippen LogP contribution in [0.15, 0.2) is 170 Å². The summed E-state index contributed by atoms with van der Waals surface area (Å²) in [4.78, 5) is 5.23. The summed E-state index contributed by atoms with van der Waals surface area (Å²) in [5.41, 5.74) is 15.5. The van der Waals surface area contributed by atoms with Gasteiger partial charge < -0.3 is 4.57 Å². The van der Waals surface area contributed by atoms with E-state index in [0.717, 1.165) is 33.8 Å². The van der Waals surface area contributed by atoms with Crippen LogP contribution in [0, 0.1) is 0 Å². The molecule has 11 rings (SSSR count). The quantitative estimate of drug-likeness (QED) is 0.179. The number of fused-ring (bicyclic) bond motifs is 12. The van der Waals surface area contributed by atoms with Gasteiger partial charge >= 0.3 is 0 Å². The SMILES string of the molecule is CC1(C)c2ccccc2-c2c1c1c3ccccc3sc1c1c3ccccc3n(-c3ccc(-c4cc(-c5ccccc5)cc(-c5ccccc5)n4)cc3)c21. The van der Waals surface area contributed by atoms with Crippen molar-refractivity contribution in [2.45, 2.75) is 19.3 Å². The molecule has 1 aliphatic rings. The van der Waals surface area contributed by atoms with Crippen LogP contribution < -0.4 is 0 Å². The predicted octanol–water partition coefficient (Wildman–Crippen LogP) is 13.9. The Kier molecular flexibility index (Phi) is 6.50. The number of hydrogen-bond donors (Lipinski definition) is 0. The molecule has 10 aromatic rings. The molecule has 0 amide bonds. The fourth-order valence-electron chi connectivity index (χ4n) is 8.97. The summed E-state index contributed by atoms with van der Waals surface area (Å²) >= 11 is 1.94. The number of rotatable bonds is 4. The van der Waals surface area contributed by atoms with Crippen molar-refractivity contribution in [2.75, 3.05) is 0 Å². The molecule has 0 aliphatic heterocycles. The third-order valence-electron chi connectivity index (χ3n) is 11.4. The Balaban J connectivity index is 1.18. The number of hydrogen-bond acceptors (Lipinski definition) is 2. The summed E-state index contributed by atoms with van der Waals surface area (Å²) in [5, 5.41) is 5.40. The fourth-order valence-corrected chi connectivity index (χ4v) is 10.2. The summed E-state index contributed by atoms with van der Waals surface area (Å²) in [7, 11) is 0. The highest BCUT2D eigenvalue weighted by molar-refractivity contribution is 7.26. The molecule has 1 aliphatic carbocycles. The van der Waals surface area contributed by atoms with Crippen molar-refractivity contribution < 1.29 is 0 Å². The van der Waals surface area contributed by atoms with E-state index in [1.165, 1.54) is 69.8 Å². The van der Waals surface area contributed by atoms with Gasteiger partial charge in [0, 0.05) is 58.7 Å². The lowest BCUT2D eigenvalue weighted by Crippen LogP contribution is -2.15. The first-order chi connectivity index (χ1) is 26.1. The maximum absolute atomic E-state index is 5.23. The summed E-state index contributed by atoms with van der Waals surface area (Å²) in [6.45, 7) is 4.83. The molecular formula is C50H34N2S. The Morgan fingerprint density at radius 1 is 0.528 bits per heavy atom. The molecule has 0 fully saturated rings. The average Bonchev–Trinajstić information content (AvgIpc) is 3.84. The molecule has 0 radical (unpaired) electrons. The van der Waals surface area contributed by atoms with E-state index < -0.39 is 0 Å².